The van der Waals surface area contributed by atoms with E-state index in [0.29, 0.717) is 12.1 Å². The maximum atomic E-state index is 15.4. The molecule has 0 fully saturated rings. The van der Waals surface area contributed by atoms with Crippen LogP contribution in [0.1, 0.15) is 57.5 Å². The molecule has 0 aliphatic carbocycles. The third-order valence-electron chi connectivity index (χ3n) is 7.20. The molecule has 2 N–H and O–H groups in total. The van der Waals surface area contributed by atoms with Crippen LogP contribution in [0.4, 0.5) is 23.8 Å². The first-order chi connectivity index (χ1) is 21.3. The fourth-order valence-corrected chi connectivity index (χ4v) is 5.50. The van der Waals surface area contributed by atoms with Crippen LogP contribution in [0.3, 0.4) is 0 Å². The molecule has 1 aromatic carbocycles. The molecule has 5 aromatic rings. The molecule has 5 heterocycles. The third kappa shape index (κ3) is 5.66. The number of rotatable bonds is 5. The van der Waals surface area contributed by atoms with E-state index in [9.17, 15) is 9.59 Å². The van der Waals surface area contributed by atoms with Crippen LogP contribution in [0.15, 0.2) is 47.5 Å². The van der Waals surface area contributed by atoms with Crippen LogP contribution in [-0.4, -0.2) is 51.4 Å². The SMILES string of the molecule is CC1CC(c2[nH]c(-c3ccc(NC(=O)OC(C)(C)C)nc3F)nc2F)n2c1cc(-c1c(-n3cnnn3)ccc(Cl)c1F)cc2=O. The van der Waals surface area contributed by atoms with Gasteiger partial charge >= 0.3 is 6.09 Å². The molecule has 16 heteroatoms. The Hall–Kier alpha value is -5.05. The summed E-state index contributed by atoms with van der Waals surface area (Å²) in [7, 11) is 0. The highest BCUT2D eigenvalue weighted by Gasteiger charge is 2.35. The highest BCUT2D eigenvalue weighted by atomic mass is 35.5. The summed E-state index contributed by atoms with van der Waals surface area (Å²) >= 11 is 6.09. The van der Waals surface area contributed by atoms with Gasteiger partial charge in [0.2, 0.25) is 11.9 Å². The smallest absolute Gasteiger partial charge is 0.413 e. The second kappa shape index (κ2) is 11.1. The fraction of sp³-hybridized carbons (Fsp3) is 0.276. The summed E-state index contributed by atoms with van der Waals surface area (Å²) in [5.41, 5.74) is -0.448. The standard InChI is InChI=1S/C29H25ClF3N9O3/c1-13-9-19(24-26(33)38-27(37-24)15-5-8-20(35-25(15)32)36-28(44)45-29(2,3)4)42-18(13)10-14(11-21(42)43)22-17(41-12-34-39-40-41)7-6-16(30)23(22)31/h5-8,10-13,19H,9H2,1-4H3,(H,37,38)(H,35,36,44). The highest BCUT2D eigenvalue weighted by molar-refractivity contribution is 6.31. The van der Waals surface area contributed by atoms with E-state index in [1.165, 1.54) is 45.9 Å². The number of anilines is 1. The molecule has 12 nitrogen and oxygen atoms in total. The molecule has 0 radical (unpaired) electrons. The zero-order valence-electron chi connectivity index (χ0n) is 24.3. The van der Waals surface area contributed by atoms with E-state index < -0.39 is 41.0 Å². The van der Waals surface area contributed by atoms with Crippen molar-refractivity contribution in [2.24, 2.45) is 0 Å². The number of imidazole rings is 1. The second-order valence-corrected chi connectivity index (χ2v) is 11.9. The van der Waals surface area contributed by atoms with Crippen LogP contribution in [0.5, 0.6) is 0 Å². The van der Waals surface area contributed by atoms with E-state index in [1.807, 2.05) is 6.92 Å². The summed E-state index contributed by atoms with van der Waals surface area (Å²) in [6, 6.07) is 7.55. The van der Waals surface area contributed by atoms with Gasteiger partial charge in [0.1, 0.15) is 23.6 Å². The lowest BCUT2D eigenvalue weighted by molar-refractivity contribution is 0.0635. The minimum absolute atomic E-state index is 0.0218. The van der Waals surface area contributed by atoms with Crippen molar-refractivity contribution in [2.75, 3.05) is 5.32 Å². The van der Waals surface area contributed by atoms with Gasteiger partial charge in [0, 0.05) is 17.3 Å². The molecule has 2 atom stereocenters. The van der Waals surface area contributed by atoms with Crippen LogP contribution < -0.4 is 10.9 Å². The van der Waals surface area contributed by atoms with E-state index in [0.717, 1.165) is 0 Å². The number of nitrogens with zero attached hydrogens (tertiary/aromatic N) is 7. The summed E-state index contributed by atoms with van der Waals surface area (Å²) in [5.74, 6) is -3.24. The van der Waals surface area contributed by atoms with Crippen LogP contribution in [0.2, 0.25) is 5.02 Å². The number of hydrogen-bond donors (Lipinski definition) is 2. The lowest BCUT2D eigenvalue weighted by atomic mass is 9.99. The van der Waals surface area contributed by atoms with Crippen molar-refractivity contribution in [1.29, 1.82) is 0 Å². The van der Waals surface area contributed by atoms with Crippen LogP contribution in [0.25, 0.3) is 28.2 Å². The van der Waals surface area contributed by atoms with E-state index in [-0.39, 0.29) is 50.7 Å². The van der Waals surface area contributed by atoms with Gasteiger partial charge in [0.15, 0.2) is 5.82 Å². The molecule has 4 aromatic heterocycles. The molecule has 2 unspecified atom stereocenters. The minimum atomic E-state index is -1.02. The number of H-pyrrole nitrogens is 1. The molecular formula is C29H25ClF3N9O3. The number of carbonyl (C=O) groups excluding carboxylic acids is 1. The number of halogens is 4. The average Bonchev–Trinajstić information content (AvgIpc) is 3.69. The monoisotopic (exact) mass is 639 g/mol. The predicted molar refractivity (Wildman–Crippen MR) is 157 cm³/mol. The average molecular weight is 640 g/mol. The van der Waals surface area contributed by atoms with Crippen molar-refractivity contribution < 1.29 is 22.7 Å². The van der Waals surface area contributed by atoms with Crippen molar-refractivity contribution in [3.05, 3.63) is 87.2 Å². The van der Waals surface area contributed by atoms with Crippen molar-refractivity contribution in [3.63, 3.8) is 0 Å². The van der Waals surface area contributed by atoms with Gasteiger partial charge in [-0.3, -0.25) is 10.1 Å². The molecule has 1 aliphatic rings. The first kappa shape index (κ1) is 30.0. The number of fused-ring (bicyclic) bond motifs is 1. The molecule has 0 saturated heterocycles. The lowest BCUT2D eigenvalue weighted by Crippen LogP contribution is -2.27. The Morgan fingerprint density at radius 3 is 2.58 bits per heavy atom. The Kier molecular flexibility index (Phi) is 7.43. The summed E-state index contributed by atoms with van der Waals surface area (Å²) in [6.07, 6.45) is 0.766. The topological polar surface area (TPSA) is 146 Å². The molecule has 6 rings (SSSR count). The van der Waals surface area contributed by atoms with Gasteiger partial charge in [-0.15, -0.1) is 5.10 Å². The number of carbonyl (C=O) groups is 1. The summed E-state index contributed by atoms with van der Waals surface area (Å²) in [4.78, 5) is 36.0. The van der Waals surface area contributed by atoms with Gasteiger partial charge in [-0.2, -0.15) is 18.4 Å². The van der Waals surface area contributed by atoms with Crippen molar-refractivity contribution in [3.8, 4) is 28.2 Å². The number of hydrogen-bond acceptors (Lipinski definition) is 8. The Balaban J connectivity index is 1.34. The van der Waals surface area contributed by atoms with E-state index in [1.54, 1.807) is 26.8 Å². The Morgan fingerprint density at radius 1 is 1.11 bits per heavy atom. The zero-order chi connectivity index (χ0) is 32.2. The van der Waals surface area contributed by atoms with Gasteiger partial charge < -0.3 is 14.3 Å². The Labute approximate surface area is 258 Å². The van der Waals surface area contributed by atoms with E-state index in [4.69, 9.17) is 16.3 Å². The van der Waals surface area contributed by atoms with Gasteiger partial charge in [-0.25, -0.2) is 14.2 Å². The molecule has 0 spiro atoms. The first-order valence-corrected chi connectivity index (χ1v) is 14.1. The maximum absolute atomic E-state index is 15.4. The number of nitrogens with one attached hydrogen (secondary N) is 2. The fourth-order valence-electron chi connectivity index (χ4n) is 5.35. The number of benzene rings is 1. The molecular weight excluding hydrogens is 615 g/mol. The number of aromatic amines is 1. The van der Waals surface area contributed by atoms with Crippen molar-refractivity contribution in [1.82, 2.24) is 39.7 Å². The van der Waals surface area contributed by atoms with Crippen LogP contribution in [-0.2, 0) is 4.74 Å². The second-order valence-electron chi connectivity index (χ2n) is 11.5. The third-order valence-corrected chi connectivity index (χ3v) is 7.49. The largest absolute Gasteiger partial charge is 0.444 e. The van der Waals surface area contributed by atoms with E-state index in [2.05, 4.69) is 35.8 Å². The number of pyridine rings is 2. The van der Waals surface area contributed by atoms with Crippen LogP contribution >= 0.6 is 11.6 Å². The maximum Gasteiger partial charge on any atom is 0.413 e. The Morgan fingerprint density at radius 2 is 1.89 bits per heavy atom. The van der Waals surface area contributed by atoms with Gasteiger partial charge in [0.05, 0.1) is 28.0 Å². The summed E-state index contributed by atoms with van der Waals surface area (Å²) in [5, 5.41) is 13.2. The van der Waals surface area contributed by atoms with Crippen molar-refractivity contribution >= 4 is 23.5 Å². The molecule has 232 valence electrons. The van der Waals surface area contributed by atoms with Gasteiger partial charge in [-0.05, 0) is 79.4 Å². The van der Waals surface area contributed by atoms with Crippen molar-refractivity contribution in [2.45, 2.75) is 51.7 Å². The first-order valence-electron chi connectivity index (χ1n) is 13.7. The number of ether oxygens (including phenoxy) is 1. The molecule has 0 bridgehead atoms. The number of amides is 1. The van der Waals surface area contributed by atoms with Gasteiger partial charge in [-0.1, -0.05) is 18.5 Å². The van der Waals surface area contributed by atoms with Gasteiger partial charge in [0.25, 0.3) is 5.56 Å². The van der Waals surface area contributed by atoms with Crippen LogP contribution in [0, 0.1) is 17.7 Å². The molecule has 1 amide bonds. The summed E-state index contributed by atoms with van der Waals surface area (Å²) < 4.78 is 53.6. The lowest BCUT2D eigenvalue weighted by Gasteiger charge is -2.19. The molecule has 45 heavy (non-hydrogen) atoms. The normalized spacial score (nSPS) is 16.1. The van der Waals surface area contributed by atoms with E-state index >= 15 is 13.2 Å². The zero-order valence-corrected chi connectivity index (χ0v) is 25.0. The molecule has 0 saturated carbocycles. The highest BCUT2D eigenvalue weighted by Crippen LogP contribution is 2.42. The molecule has 1 aliphatic heterocycles. The number of tetrazole rings is 1. The predicted octanol–water partition coefficient (Wildman–Crippen LogP) is 5.79. The Bertz CT molecular complexity index is 2000. The quantitative estimate of drug-likeness (QED) is 0.230. The summed E-state index contributed by atoms with van der Waals surface area (Å²) in [6.45, 7) is 6.88. The minimum Gasteiger partial charge on any atom is -0.444 e. The number of aromatic nitrogens is 8.